The molecule has 0 saturated carbocycles. The molecule has 2 rings (SSSR count). The van der Waals surface area contributed by atoms with Crippen LogP contribution in [-0.2, 0) is 4.74 Å². The van der Waals surface area contributed by atoms with Crippen molar-refractivity contribution in [2.45, 2.75) is 25.6 Å². The summed E-state index contributed by atoms with van der Waals surface area (Å²) in [6.45, 7) is 4.72. The molecule has 1 unspecified atom stereocenters. The Balaban J connectivity index is 2.09. The Morgan fingerprint density at radius 2 is 2.21 bits per heavy atom. The summed E-state index contributed by atoms with van der Waals surface area (Å²) in [7, 11) is 0. The van der Waals surface area contributed by atoms with Crippen molar-refractivity contribution in [3.05, 3.63) is 24.3 Å². The lowest BCUT2D eigenvalue weighted by Crippen LogP contribution is -2.34. The van der Waals surface area contributed by atoms with Crippen molar-refractivity contribution in [2.24, 2.45) is 0 Å². The van der Waals surface area contributed by atoms with Crippen molar-refractivity contribution in [2.75, 3.05) is 6.61 Å². The van der Waals surface area contributed by atoms with Gasteiger partial charge < -0.3 is 14.6 Å². The normalized spacial score (nSPS) is 20.6. The first-order valence-corrected chi connectivity index (χ1v) is 4.67. The van der Waals surface area contributed by atoms with E-state index >= 15 is 0 Å². The number of rotatable bonds is 3. The molecule has 0 radical (unpaired) electrons. The first-order valence-electron chi connectivity index (χ1n) is 4.67. The maximum Gasteiger partial charge on any atom is 0.132 e. The second kappa shape index (κ2) is 3.17. The third-order valence-corrected chi connectivity index (χ3v) is 2.31. The molecule has 1 atom stereocenters. The Morgan fingerprint density at radius 3 is 2.79 bits per heavy atom. The van der Waals surface area contributed by atoms with Gasteiger partial charge in [-0.3, -0.25) is 0 Å². The van der Waals surface area contributed by atoms with Gasteiger partial charge in [0.1, 0.15) is 23.2 Å². The quantitative estimate of drug-likeness (QED) is 0.748. The highest BCUT2D eigenvalue weighted by Gasteiger charge is 2.41. The second-order valence-electron chi connectivity index (χ2n) is 4.02. The van der Waals surface area contributed by atoms with Crippen LogP contribution in [0.25, 0.3) is 0 Å². The number of benzene rings is 1. The van der Waals surface area contributed by atoms with Gasteiger partial charge >= 0.3 is 0 Å². The zero-order valence-electron chi connectivity index (χ0n) is 8.36. The number of phenolic OH excluding ortho intramolecular Hbond substituents is 1. The molecule has 1 heterocycles. The molecule has 1 aliphatic heterocycles. The molecule has 1 aromatic rings. The van der Waals surface area contributed by atoms with Crippen molar-refractivity contribution >= 4 is 0 Å². The molecule has 1 saturated heterocycles. The van der Waals surface area contributed by atoms with E-state index in [0.29, 0.717) is 5.75 Å². The minimum Gasteiger partial charge on any atom is -0.508 e. The zero-order chi connectivity index (χ0) is 10.2. The molecular formula is C11H14O3. The molecule has 3 nitrogen and oxygen atoms in total. The molecule has 14 heavy (non-hydrogen) atoms. The van der Waals surface area contributed by atoms with Crippen LogP contribution in [0, 0.1) is 0 Å². The van der Waals surface area contributed by atoms with E-state index < -0.39 is 0 Å². The molecule has 0 spiro atoms. The van der Waals surface area contributed by atoms with Crippen LogP contribution in [0.1, 0.15) is 13.8 Å². The van der Waals surface area contributed by atoms with Gasteiger partial charge in [0.05, 0.1) is 6.61 Å². The summed E-state index contributed by atoms with van der Waals surface area (Å²) in [6.07, 6.45) is 0.171. The fourth-order valence-electron chi connectivity index (χ4n) is 1.37. The summed E-state index contributed by atoms with van der Waals surface area (Å²) in [4.78, 5) is 0. The van der Waals surface area contributed by atoms with Crippen LogP contribution in [0.4, 0.5) is 0 Å². The van der Waals surface area contributed by atoms with E-state index in [9.17, 15) is 5.11 Å². The maximum absolute atomic E-state index is 9.25. The van der Waals surface area contributed by atoms with Crippen LogP contribution in [0.3, 0.4) is 0 Å². The van der Waals surface area contributed by atoms with E-state index in [4.69, 9.17) is 9.47 Å². The lowest BCUT2D eigenvalue weighted by Gasteiger charge is -2.24. The van der Waals surface area contributed by atoms with E-state index in [-0.39, 0.29) is 17.5 Å². The van der Waals surface area contributed by atoms with Gasteiger partial charge in [-0.2, -0.15) is 0 Å². The standard InChI is InChI=1S/C11H14O3/c1-11(2,10-7-13-10)14-9-5-3-4-8(12)6-9/h3-6,10,12H,7H2,1-2H3. The van der Waals surface area contributed by atoms with Crippen molar-refractivity contribution in [1.29, 1.82) is 0 Å². The number of aromatic hydroxyl groups is 1. The van der Waals surface area contributed by atoms with Gasteiger partial charge in [-0.25, -0.2) is 0 Å². The minimum atomic E-state index is -0.326. The van der Waals surface area contributed by atoms with E-state index in [1.54, 1.807) is 18.2 Å². The van der Waals surface area contributed by atoms with Crippen molar-refractivity contribution in [3.63, 3.8) is 0 Å². The number of hydrogen-bond acceptors (Lipinski definition) is 3. The van der Waals surface area contributed by atoms with Crippen LogP contribution in [0.5, 0.6) is 11.5 Å². The zero-order valence-corrected chi connectivity index (χ0v) is 8.36. The molecule has 0 bridgehead atoms. The van der Waals surface area contributed by atoms with Gasteiger partial charge in [0.15, 0.2) is 0 Å². The van der Waals surface area contributed by atoms with E-state index in [1.807, 2.05) is 19.9 Å². The molecule has 1 fully saturated rings. The van der Waals surface area contributed by atoms with Crippen molar-refractivity contribution in [3.8, 4) is 11.5 Å². The van der Waals surface area contributed by atoms with Gasteiger partial charge in [0.2, 0.25) is 0 Å². The number of hydrogen-bond donors (Lipinski definition) is 1. The second-order valence-corrected chi connectivity index (χ2v) is 4.02. The molecule has 3 heteroatoms. The molecular weight excluding hydrogens is 180 g/mol. The largest absolute Gasteiger partial charge is 0.508 e. The monoisotopic (exact) mass is 194 g/mol. The summed E-state index contributed by atoms with van der Waals surface area (Å²) < 4.78 is 10.9. The smallest absolute Gasteiger partial charge is 0.132 e. The Morgan fingerprint density at radius 1 is 1.50 bits per heavy atom. The Bertz CT molecular complexity index is 329. The maximum atomic E-state index is 9.25. The summed E-state index contributed by atoms with van der Waals surface area (Å²) >= 11 is 0. The lowest BCUT2D eigenvalue weighted by molar-refractivity contribution is 0.0742. The predicted octanol–water partition coefficient (Wildman–Crippen LogP) is 1.95. The van der Waals surface area contributed by atoms with Gasteiger partial charge in [-0.15, -0.1) is 0 Å². The minimum absolute atomic E-state index is 0.171. The average molecular weight is 194 g/mol. The highest BCUT2D eigenvalue weighted by molar-refractivity contribution is 5.32. The third kappa shape index (κ3) is 1.99. The molecule has 1 aromatic carbocycles. The SMILES string of the molecule is CC(C)(Oc1cccc(O)c1)C1CO1. The number of epoxide rings is 1. The third-order valence-electron chi connectivity index (χ3n) is 2.31. The molecule has 1 aliphatic rings. The first-order chi connectivity index (χ1) is 6.58. The first kappa shape index (κ1) is 9.34. The van der Waals surface area contributed by atoms with Crippen LogP contribution in [0.2, 0.25) is 0 Å². The molecule has 1 N–H and O–H groups in total. The number of phenols is 1. The highest BCUT2D eigenvalue weighted by Crippen LogP contribution is 2.30. The Kier molecular flexibility index (Phi) is 2.11. The average Bonchev–Trinajstić information content (AvgIpc) is 2.84. The Hall–Kier alpha value is -1.22. The molecule has 0 aliphatic carbocycles. The van der Waals surface area contributed by atoms with Gasteiger partial charge in [-0.1, -0.05) is 6.07 Å². The van der Waals surface area contributed by atoms with Gasteiger partial charge in [-0.05, 0) is 26.0 Å². The summed E-state index contributed by atoms with van der Waals surface area (Å²) in [6, 6.07) is 6.80. The summed E-state index contributed by atoms with van der Waals surface area (Å²) in [5, 5.41) is 9.25. The fraction of sp³-hybridized carbons (Fsp3) is 0.455. The van der Waals surface area contributed by atoms with Crippen LogP contribution in [-0.4, -0.2) is 23.4 Å². The highest BCUT2D eigenvalue weighted by atomic mass is 16.6. The fourth-order valence-corrected chi connectivity index (χ4v) is 1.37. The topological polar surface area (TPSA) is 42.0 Å². The molecule has 0 aromatic heterocycles. The van der Waals surface area contributed by atoms with Gasteiger partial charge in [0.25, 0.3) is 0 Å². The predicted molar refractivity (Wildman–Crippen MR) is 52.6 cm³/mol. The van der Waals surface area contributed by atoms with Crippen molar-refractivity contribution < 1.29 is 14.6 Å². The molecule has 0 amide bonds. The van der Waals surface area contributed by atoms with E-state index in [0.717, 1.165) is 6.61 Å². The van der Waals surface area contributed by atoms with E-state index in [1.165, 1.54) is 0 Å². The van der Waals surface area contributed by atoms with Crippen LogP contribution in [0.15, 0.2) is 24.3 Å². The van der Waals surface area contributed by atoms with Gasteiger partial charge in [0, 0.05) is 6.07 Å². The van der Waals surface area contributed by atoms with E-state index in [2.05, 4.69) is 0 Å². The van der Waals surface area contributed by atoms with Crippen LogP contribution >= 0.6 is 0 Å². The summed E-state index contributed by atoms with van der Waals surface area (Å²) in [5.74, 6) is 0.889. The Labute approximate surface area is 83.3 Å². The van der Waals surface area contributed by atoms with Crippen LogP contribution < -0.4 is 4.74 Å². The summed E-state index contributed by atoms with van der Waals surface area (Å²) in [5.41, 5.74) is -0.326. The molecule has 76 valence electrons. The van der Waals surface area contributed by atoms with Crippen molar-refractivity contribution in [1.82, 2.24) is 0 Å². The lowest BCUT2D eigenvalue weighted by atomic mass is 10.1. The number of ether oxygens (including phenoxy) is 2.